The maximum Gasteiger partial charge on any atom is 0.258 e. The topological polar surface area (TPSA) is 29.1 Å². The monoisotopic (exact) mass is 137 g/mol. The van der Waals surface area contributed by atoms with E-state index < -0.39 is 18.4 Å². The van der Waals surface area contributed by atoms with Gasteiger partial charge in [0, 0.05) is 6.92 Å². The van der Waals surface area contributed by atoms with Gasteiger partial charge in [0.05, 0.1) is 6.04 Å². The van der Waals surface area contributed by atoms with Crippen molar-refractivity contribution in [3.05, 3.63) is 0 Å². The first kappa shape index (κ1) is 8.33. The van der Waals surface area contributed by atoms with E-state index in [1.165, 1.54) is 13.8 Å². The van der Waals surface area contributed by atoms with Crippen LogP contribution in [-0.2, 0) is 4.79 Å². The first-order valence-electron chi connectivity index (χ1n) is 2.59. The number of amides is 1. The highest BCUT2D eigenvalue weighted by atomic mass is 19.3. The molecule has 54 valence electrons. The van der Waals surface area contributed by atoms with E-state index in [0.717, 1.165) is 0 Å². The molecule has 0 aliphatic rings. The standard InChI is InChI=1S/C5H9F2NO/c1-3(5(6)7)8-4(2)9/h3,5H,1-2H3,(H,8,9). The SMILES string of the molecule is CC(=O)NC(C)C(F)F. The van der Waals surface area contributed by atoms with Gasteiger partial charge < -0.3 is 5.32 Å². The molecule has 2 nitrogen and oxygen atoms in total. The summed E-state index contributed by atoms with van der Waals surface area (Å²) in [6.45, 7) is 2.46. The Labute approximate surface area is 52.2 Å². The van der Waals surface area contributed by atoms with Crippen LogP contribution in [0.25, 0.3) is 0 Å². The van der Waals surface area contributed by atoms with Crippen LogP contribution < -0.4 is 5.32 Å². The van der Waals surface area contributed by atoms with Crippen LogP contribution in [0.15, 0.2) is 0 Å². The van der Waals surface area contributed by atoms with Crippen LogP contribution in [0.5, 0.6) is 0 Å². The van der Waals surface area contributed by atoms with E-state index >= 15 is 0 Å². The number of alkyl halides is 2. The molecule has 0 aliphatic heterocycles. The number of carbonyl (C=O) groups excluding carboxylic acids is 1. The van der Waals surface area contributed by atoms with Gasteiger partial charge in [-0.15, -0.1) is 0 Å². The van der Waals surface area contributed by atoms with Gasteiger partial charge in [0.15, 0.2) is 0 Å². The number of nitrogens with one attached hydrogen (secondary N) is 1. The number of hydrogen-bond acceptors (Lipinski definition) is 1. The molecule has 0 aromatic carbocycles. The van der Waals surface area contributed by atoms with Gasteiger partial charge in [-0.1, -0.05) is 0 Å². The smallest absolute Gasteiger partial charge is 0.258 e. The third-order valence-electron chi connectivity index (χ3n) is 0.809. The number of rotatable bonds is 2. The predicted molar refractivity (Wildman–Crippen MR) is 29.3 cm³/mol. The molecule has 0 bridgehead atoms. The van der Waals surface area contributed by atoms with Crippen LogP contribution in [0.3, 0.4) is 0 Å². The summed E-state index contributed by atoms with van der Waals surface area (Å²) in [7, 11) is 0. The summed E-state index contributed by atoms with van der Waals surface area (Å²) in [5.74, 6) is -0.428. The Bertz CT molecular complexity index is 105. The van der Waals surface area contributed by atoms with Crippen molar-refractivity contribution in [2.75, 3.05) is 0 Å². The van der Waals surface area contributed by atoms with Crippen molar-refractivity contribution < 1.29 is 13.6 Å². The van der Waals surface area contributed by atoms with Crippen molar-refractivity contribution in [2.24, 2.45) is 0 Å². The van der Waals surface area contributed by atoms with Crippen LogP contribution in [0, 0.1) is 0 Å². The fourth-order valence-corrected chi connectivity index (χ4v) is 0.384. The zero-order chi connectivity index (χ0) is 7.44. The second-order valence-electron chi connectivity index (χ2n) is 1.82. The summed E-state index contributed by atoms with van der Waals surface area (Å²) in [6.07, 6.45) is -2.48. The highest BCUT2D eigenvalue weighted by molar-refractivity contribution is 5.73. The first-order valence-corrected chi connectivity index (χ1v) is 2.59. The van der Waals surface area contributed by atoms with E-state index in [9.17, 15) is 13.6 Å². The van der Waals surface area contributed by atoms with Crippen molar-refractivity contribution in [3.8, 4) is 0 Å². The first-order chi connectivity index (χ1) is 4.04. The largest absolute Gasteiger partial charge is 0.348 e. The third-order valence-corrected chi connectivity index (χ3v) is 0.809. The summed E-state index contributed by atoms with van der Waals surface area (Å²) in [6, 6.07) is -1.04. The molecule has 0 saturated heterocycles. The minimum absolute atomic E-state index is 0.428. The van der Waals surface area contributed by atoms with Gasteiger partial charge in [-0.3, -0.25) is 4.79 Å². The maximum absolute atomic E-state index is 11.6. The van der Waals surface area contributed by atoms with Crippen molar-refractivity contribution in [1.29, 1.82) is 0 Å². The summed E-state index contributed by atoms with van der Waals surface area (Å²) >= 11 is 0. The van der Waals surface area contributed by atoms with E-state index in [0.29, 0.717) is 0 Å². The molecular formula is C5H9F2NO. The molecule has 9 heavy (non-hydrogen) atoms. The molecule has 1 unspecified atom stereocenters. The molecule has 0 aliphatic carbocycles. The molecule has 0 aromatic heterocycles. The van der Waals surface area contributed by atoms with E-state index in [1.54, 1.807) is 0 Å². The minimum atomic E-state index is -2.48. The Morgan fingerprint density at radius 3 is 2.11 bits per heavy atom. The highest BCUT2D eigenvalue weighted by Crippen LogP contribution is 1.97. The summed E-state index contributed by atoms with van der Waals surface area (Å²) < 4.78 is 23.1. The van der Waals surface area contributed by atoms with Crippen molar-refractivity contribution in [1.82, 2.24) is 5.32 Å². The number of hydrogen-bond donors (Lipinski definition) is 1. The average molecular weight is 137 g/mol. The van der Waals surface area contributed by atoms with Crippen LogP contribution in [0.2, 0.25) is 0 Å². The second-order valence-corrected chi connectivity index (χ2v) is 1.82. The molecule has 0 aromatic rings. The minimum Gasteiger partial charge on any atom is -0.348 e. The lowest BCUT2D eigenvalue weighted by molar-refractivity contribution is -0.120. The van der Waals surface area contributed by atoms with Gasteiger partial charge in [0.2, 0.25) is 5.91 Å². The van der Waals surface area contributed by atoms with Crippen molar-refractivity contribution in [3.63, 3.8) is 0 Å². The Morgan fingerprint density at radius 1 is 1.56 bits per heavy atom. The third kappa shape index (κ3) is 3.88. The maximum atomic E-state index is 11.6. The number of carbonyl (C=O) groups is 1. The Kier molecular flexibility index (Phi) is 3.12. The van der Waals surface area contributed by atoms with Crippen molar-refractivity contribution >= 4 is 5.91 Å². The van der Waals surface area contributed by atoms with Gasteiger partial charge in [0.25, 0.3) is 6.43 Å². The lowest BCUT2D eigenvalue weighted by Gasteiger charge is -2.09. The van der Waals surface area contributed by atoms with Gasteiger partial charge in [0.1, 0.15) is 0 Å². The fraction of sp³-hybridized carbons (Fsp3) is 0.800. The molecular weight excluding hydrogens is 128 g/mol. The zero-order valence-corrected chi connectivity index (χ0v) is 5.32. The molecule has 0 heterocycles. The lowest BCUT2D eigenvalue weighted by atomic mass is 10.3. The van der Waals surface area contributed by atoms with Gasteiger partial charge in [-0.2, -0.15) is 0 Å². The van der Waals surface area contributed by atoms with E-state index in [2.05, 4.69) is 5.32 Å². The predicted octanol–water partition coefficient (Wildman–Crippen LogP) is 0.776. The van der Waals surface area contributed by atoms with E-state index in [4.69, 9.17) is 0 Å². The zero-order valence-electron chi connectivity index (χ0n) is 5.32. The van der Waals surface area contributed by atoms with Crippen LogP contribution in [0.4, 0.5) is 8.78 Å². The lowest BCUT2D eigenvalue weighted by Crippen LogP contribution is -2.35. The summed E-state index contributed by atoms with van der Waals surface area (Å²) in [5.41, 5.74) is 0. The van der Waals surface area contributed by atoms with Crippen LogP contribution in [0.1, 0.15) is 13.8 Å². The van der Waals surface area contributed by atoms with Gasteiger partial charge in [-0.05, 0) is 6.92 Å². The number of halogens is 2. The molecule has 1 atom stereocenters. The van der Waals surface area contributed by atoms with E-state index in [-0.39, 0.29) is 0 Å². The molecule has 4 heteroatoms. The van der Waals surface area contributed by atoms with Crippen LogP contribution >= 0.6 is 0 Å². The molecule has 1 amide bonds. The molecule has 0 rings (SSSR count). The highest BCUT2D eigenvalue weighted by Gasteiger charge is 2.13. The van der Waals surface area contributed by atoms with Gasteiger partial charge in [-0.25, -0.2) is 8.78 Å². The summed E-state index contributed by atoms with van der Waals surface area (Å²) in [5, 5.41) is 2.05. The Morgan fingerprint density at radius 2 is 2.00 bits per heavy atom. The summed E-state index contributed by atoms with van der Waals surface area (Å²) in [4.78, 5) is 10.1. The molecule has 0 radical (unpaired) electrons. The molecule has 0 fully saturated rings. The van der Waals surface area contributed by atoms with Gasteiger partial charge >= 0.3 is 0 Å². The fourth-order valence-electron chi connectivity index (χ4n) is 0.384. The Balaban J connectivity index is 3.50. The normalized spacial score (nSPS) is 13.4. The second kappa shape index (κ2) is 3.37. The quantitative estimate of drug-likeness (QED) is 0.598. The van der Waals surface area contributed by atoms with Crippen molar-refractivity contribution in [2.45, 2.75) is 26.3 Å². The molecule has 0 saturated carbocycles. The van der Waals surface area contributed by atoms with Crippen LogP contribution in [-0.4, -0.2) is 18.4 Å². The average Bonchev–Trinajstić information content (AvgIpc) is 1.63. The molecule has 0 spiro atoms. The van der Waals surface area contributed by atoms with E-state index in [1.807, 2.05) is 0 Å². The molecule has 1 N–H and O–H groups in total. The Hall–Kier alpha value is -0.670.